The lowest BCUT2D eigenvalue weighted by molar-refractivity contribution is -0.119. The normalized spacial score (nSPS) is 18.8. The van der Waals surface area contributed by atoms with E-state index >= 15 is 0 Å². The molecule has 5 heteroatoms. The van der Waals surface area contributed by atoms with Gasteiger partial charge in [-0.1, -0.05) is 12.1 Å². The Morgan fingerprint density at radius 2 is 2.00 bits per heavy atom. The third-order valence-electron chi connectivity index (χ3n) is 2.63. The minimum Gasteiger partial charge on any atom is -0.490 e. The highest BCUT2D eigenvalue weighted by Crippen LogP contribution is 2.24. The van der Waals surface area contributed by atoms with Gasteiger partial charge in [0.25, 0.3) is 0 Å². The molecule has 1 heterocycles. The van der Waals surface area contributed by atoms with E-state index in [0.717, 1.165) is 5.75 Å². The monoisotopic (exact) mass is 248 g/mol. The number of rotatable bonds is 2. The van der Waals surface area contributed by atoms with E-state index in [9.17, 15) is 9.59 Å². The summed E-state index contributed by atoms with van der Waals surface area (Å²) in [5.41, 5.74) is 0. The van der Waals surface area contributed by atoms with Gasteiger partial charge in [-0.25, -0.2) is 4.79 Å². The van der Waals surface area contributed by atoms with Gasteiger partial charge in [0.1, 0.15) is 11.8 Å². The molecule has 3 rings (SSSR count). The fraction of sp³-hybridized carbons (Fsp3) is 0.385. The Balaban J connectivity index is 0.000000138. The van der Waals surface area contributed by atoms with Gasteiger partial charge in [0.2, 0.25) is 5.91 Å². The zero-order valence-corrected chi connectivity index (χ0v) is 10.6. The molecule has 0 aromatic heterocycles. The lowest BCUT2D eigenvalue weighted by Gasteiger charge is -2.15. The first-order chi connectivity index (χ1) is 8.47. The van der Waals surface area contributed by atoms with Gasteiger partial charge >= 0.3 is 6.03 Å². The Labute approximate surface area is 105 Å². The number of hydrogen-bond donors (Lipinski definition) is 2. The first-order valence-electron chi connectivity index (χ1n) is 5.90. The van der Waals surface area contributed by atoms with Crippen LogP contribution in [-0.4, -0.2) is 24.1 Å². The summed E-state index contributed by atoms with van der Waals surface area (Å²) < 4.78 is 5.47. The van der Waals surface area contributed by atoms with Crippen LogP contribution in [0.1, 0.15) is 20.8 Å². The molecular weight excluding hydrogens is 232 g/mol. The van der Waals surface area contributed by atoms with Crippen molar-refractivity contribution in [2.45, 2.75) is 32.9 Å². The van der Waals surface area contributed by atoms with Gasteiger partial charge in [-0.05, 0) is 32.1 Å². The van der Waals surface area contributed by atoms with Crippen molar-refractivity contribution in [1.82, 2.24) is 10.6 Å². The maximum absolute atomic E-state index is 10.4. The number of carbonyl (C=O) groups excluding carboxylic acids is 2. The van der Waals surface area contributed by atoms with Crippen LogP contribution in [0.4, 0.5) is 4.79 Å². The first-order valence-corrected chi connectivity index (χ1v) is 5.90. The Morgan fingerprint density at radius 1 is 1.28 bits per heavy atom. The van der Waals surface area contributed by atoms with Crippen molar-refractivity contribution in [3.63, 3.8) is 0 Å². The van der Waals surface area contributed by atoms with Gasteiger partial charge in [-0.2, -0.15) is 0 Å². The van der Waals surface area contributed by atoms with Crippen LogP contribution in [0.3, 0.4) is 0 Å². The molecule has 1 aliphatic heterocycles. The number of urea groups is 1. The van der Waals surface area contributed by atoms with Crippen LogP contribution in [0.2, 0.25) is 0 Å². The highest BCUT2D eigenvalue weighted by molar-refractivity contribution is 6.03. The molecule has 0 saturated carbocycles. The van der Waals surface area contributed by atoms with Crippen molar-refractivity contribution < 1.29 is 14.3 Å². The summed E-state index contributed by atoms with van der Waals surface area (Å²) in [4.78, 5) is 20.6. The maximum atomic E-state index is 10.4. The van der Waals surface area contributed by atoms with Crippen molar-refractivity contribution in [3.8, 4) is 5.75 Å². The number of carbonyl (C=O) groups is 2. The molecule has 1 fully saturated rings. The van der Waals surface area contributed by atoms with Gasteiger partial charge < -0.3 is 10.1 Å². The van der Waals surface area contributed by atoms with Crippen molar-refractivity contribution in [2.75, 3.05) is 0 Å². The molecule has 0 bridgehead atoms. The number of benzene rings is 1. The Kier molecular flexibility index (Phi) is 3.23. The summed E-state index contributed by atoms with van der Waals surface area (Å²) in [6.07, 6.45) is 0.300. The maximum Gasteiger partial charge on any atom is 0.322 e. The summed E-state index contributed by atoms with van der Waals surface area (Å²) in [5.74, 6) is 0.808. The topological polar surface area (TPSA) is 67.4 Å². The molecule has 2 aliphatic carbocycles. The summed E-state index contributed by atoms with van der Waals surface area (Å²) in [5, 5.41) is 7.09. The molecule has 1 saturated heterocycles. The van der Waals surface area contributed by atoms with Gasteiger partial charge in [-0.3, -0.25) is 10.1 Å². The van der Waals surface area contributed by atoms with Crippen LogP contribution in [0.15, 0.2) is 18.2 Å². The molecule has 0 aromatic rings. The predicted molar refractivity (Wildman–Crippen MR) is 66.0 cm³/mol. The van der Waals surface area contributed by atoms with E-state index in [4.69, 9.17) is 4.74 Å². The smallest absolute Gasteiger partial charge is 0.322 e. The molecule has 0 radical (unpaired) electrons. The molecule has 3 amide bonds. The molecule has 0 aromatic carbocycles. The number of hydrogen-bond acceptors (Lipinski definition) is 3. The summed E-state index contributed by atoms with van der Waals surface area (Å²) in [6, 6.07) is 5.51. The second kappa shape index (κ2) is 4.68. The third-order valence-corrected chi connectivity index (χ3v) is 2.63. The lowest BCUT2D eigenvalue weighted by Crippen LogP contribution is -2.24. The second-order valence-corrected chi connectivity index (χ2v) is 4.56. The second-order valence-electron chi connectivity index (χ2n) is 4.56. The number of amides is 3. The zero-order chi connectivity index (χ0) is 13.3. The fourth-order valence-corrected chi connectivity index (χ4v) is 1.62. The van der Waals surface area contributed by atoms with E-state index in [2.05, 4.69) is 28.8 Å². The molecule has 5 nitrogen and oxygen atoms in total. The molecule has 1 atom stereocenters. The summed E-state index contributed by atoms with van der Waals surface area (Å²) >= 11 is 0. The standard InChI is InChI=1S/C9H10O.C4H6N2O2/c1-6(2)10-9-5-7-3-4-8(7)9;1-2-3(7)6-4(8)5-2/h3-6H,1-2H3;2H,1H3,(H2,5,6,7,8). The van der Waals surface area contributed by atoms with Gasteiger partial charge in [0.05, 0.1) is 6.10 Å². The number of ether oxygens (including phenoxy) is 1. The van der Waals surface area contributed by atoms with Gasteiger partial charge in [0, 0.05) is 5.22 Å². The summed E-state index contributed by atoms with van der Waals surface area (Å²) in [7, 11) is 0. The van der Waals surface area contributed by atoms with E-state index in [1.807, 2.05) is 13.8 Å². The molecule has 96 valence electrons. The summed E-state index contributed by atoms with van der Waals surface area (Å²) in [6.45, 7) is 5.71. The molecule has 0 spiro atoms. The average molecular weight is 248 g/mol. The molecule has 3 aliphatic rings. The predicted octanol–water partition coefficient (Wildman–Crippen LogP) is 1.29. The SMILES string of the molecule is CC(C)Oc1cc2ccc1=2.CC1NC(=O)NC1=O. The Bertz CT molecular complexity index is 580. The fourth-order valence-electron chi connectivity index (χ4n) is 1.62. The molecule has 18 heavy (non-hydrogen) atoms. The minimum atomic E-state index is -0.400. The van der Waals surface area contributed by atoms with E-state index in [1.165, 1.54) is 10.4 Å². The van der Waals surface area contributed by atoms with Gasteiger partial charge in [0.15, 0.2) is 0 Å². The lowest BCUT2D eigenvalue weighted by atomic mass is 10.1. The van der Waals surface area contributed by atoms with Crippen molar-refractivity contribution in [3.05, 3.63) is 28.6 Å². The van der Waals surface area contributed by atoms with Crippen LogP contribution in [0, 0.1) is 10.4 Å². The number of nitrogens with one attached hydrogen (secondary N) is 2. The third kappa shape index (κ3) is 2.45. The van der Waals surface area contributed by atoms with Gasteiger partial charge in [-0.15, -0.1) is 0 Å². The van der Waals surface area contributed by atoms with E-state index < -0.39 is 6.03 Å². The zero-order valence-electron chi connectivity index (χ0n) is 10.6. The van der Waals surface area contributed by atoms with Crippen molar-refractivity contribution >= 4 is 11.9 Å². The minimum absolute atomic E-state index is 0.255. The highest BCUT2D eigenvalue weighted by Gasteiger charge is 2.24. The van der Waals surface area contributed by atoms with Crippen LogP contribution in [-0.2, 0) is 4.79 Å². The Morgan fingerprint density at radius 3 is 2.22 bits per heavy atom. The largest absolute Gasteiger partial charge is 0.490 e. The Hall–Kier alpha value is -2.04. The average Bonchev–Trinajstić information content (AvgIpc) is 2.52. The molecule has 1 unspecified atom stereocenters. The first kappa shape index (κ1) is 12.4. The number of imide groups is 1. The van der Waals surface area contributed by atoms with E-state index in [0.29, 0.717) is 6.10 Å². The van der Waals surface area contributed by atoms with Crippen LogP contribution < -0.4 is 15.4 Å². The van der Waals surface area contributed by atoms with Crippen LogP contribution in [0.5, 0.6) is 5.75 Å². The van der Waals surface area contributed by atoms with Crippen molar-refractivity contribution in [2.24, 2.45) is 0 Å². The van der Waals surface area contributed by atoms with E-state index in [1.54, 1.807) is 6.92 Å². The van der Waals surface area contributed by atoms with E-state index in [-0.39, 0.29) is 11.9 Å². The quantitative estimate of drug-likeness (QED) is 0.787. The highest BCUT2D eigenvalue weighted by atomic mass is 16.5. The molecule has 2 N–H and O–H groups in total. The van der Waals surface area contributed by atoms with Crippen molar-refractivity contribution in [1.29, 1.82) is 0 Å². The molecular formula is C13H16N2O3. The van der Waals surface area contributed by atoms with Crippen LogP contribution >= 0.6 is 0 Å². The van der Waals surface area contributed by atoms with Crippen LogP contribution in [0.25, 0.3) is 0 Å².